The first-order chi connectivity index (χ1) is 27.0. The average Bonchev–Trinajstić information content (AvgIpc) is 3.90. The maximum Gasteiger partial charge on any atom is 0.226 e. The molecule has 0 aliphatic carbocycles. The van der Waals surface area contributed by atoms with Crippen LogP contribution in [-0.4, -0.2) is 114 Å². The smallest absolute Gasteiger partial charge is 0.226 e. The number of hydrogen-bond donors (Lipinski definition) is 0. The maximum atomic E-state index is 14.5. The third kappa shape index (κ3) is 12.8. The summed E-state index contributed by atoms with van der Waals surface area (Å²) in [5, 5.41) is 2.90. The number of hydrogen-bond acceptors (Lipinski definition) is 9. The molecule has 0 spiro atoms. The number of likely N-dealkylation sites (N-methyl/N-ethyl adjacent to an activating group) is 2. The highest BCUT2D eigenvalue weighted by atomic mass is 32.1. The van der Waals surface area contributed by atoms with Crippen molar-refractivity contribution in [2.45, 2.75) is 150 Å². The van der Waals surface area contributed by atoms with E-state index in [0.29, 0.717) is 19.4 Å². The van der Waals surface area contributed by atoms with E-state index >= 15 is 0 Å². The fourth-order valence-electron chi connectivity index (χ4n) is 8.95. The number of carbonyl (C=O) groups excluding carboxylic acids is 4. The number of ketones is 2. The van der Waals surface area contributed by atoms with Crippen LogP contribution in [0.1, 0.15) is 117 Å². The highest BCUT2D eigenvalue weighted by molar-refractivity contribution is 7.09. The minimum Gasteiger partial charge on any atom is -0.379 e. The van der Waals surface area contributed by atoms with E-state index in [1.807, 2.05) is 56.3 Å². The molecule has 320 valence electrons. The van der Waals surface area contributed by atoms with Gasteiger partial charge in [0, 0.05) is 76.0 Å². The van der Waals surface area contributed by atoms with Gasteiger partial charge in [-0.2, -0.15) is 0 Å². The molecule has 1 aliphatic heterocycles. The van der Waals surface area contributed by atoms with Crippen molar-refractivity contribution < 1.29 is 28.7 Å². The largest absolute Gasteiger partial charge is 0.379 e. The van der Waals surface area contributed by atoms with E-state index in [9.17, 15) is 19.2 Å². The number of thiazole rings is 1. The average molecular weight is 811 g/mol. The zero-order valence-corrected chi connectivity index (χ0v) is 38.1. The highest BCUT2D eigenvalue weighted by Crippen LogP contribution is 2.33. The van der Waals surface area contributed by atoms with Gasteiger partial charge in [0.25, 0.3) is 0 Å². The van der Waals surface area contributed by atoms with Gasteiger partial charge in [-0.15, -0.1) is 11.3 Å². The molecule has 1 saturated heterocycles. The molecule has 0 bridgehead atoms. The summed E-state index contributed by atoms with van der Waals surface area (Å²) in [5.74, 6) is -0.909. The number of rotatable bonds is 24. The molecule has 1 aromatic carbocycles. The third-order valence-electron chi connectivity index (χ3n) is 12.7. The van der Waals surface area contributed by atoms with Gasteiger partial charge in [-0.25, -0.2) is 4.98 Å². The van der Waals surface area contributed by atoms with Crippen LogP contribution < -0.4 is 0 Å². The summed E-state index contributed by atoms with van der Waals surface area (Å²) in [7, 11) is 7.03. The molecule has 0 saturated carbocycles. The van der Waals surface area contributed by atoms with Crippen molar-refractivity contribution >= 4 is 34.7 Å². The first kappa shape index (κ1) is 48.4. The zero-order valence-electron chi connectivity index (χ0n) is 37.3. The molecule has 3 rings (SSSR count). The number of aromatic nitrogens is 1. The fourth-order valence-corrected chi connectivity index (χ4v) is 9.69. The summed E-state index contributed by atoms with van der Waals surface area (Å²) < 4.78 is 12.2. The lowest BCUT2D eigenvalue weighted by molar-refractivity contribution is -0.149. The molecule has 0 N–H and O–H groups in total. The van der Waals surface area contributed by atoms with E-state index in [1.165, 1.54) is 0 Å². The minimum absolute atomic E-state index is 0.0242. The Bertz CT molecular complexity index is 1530. The predicted octanol–water partition coefficient (Wildman–Crippen LogP) is 7.95. The standard InChI is InChI=1S/C46H74N4O6S/c1-14-32(8)43(49(11)46(54)36(29(2)3)27-39(52)42(30(4)5)48(10)31(6)7)40(55-12)28-41(53)50-23-18-21-37(50)44(56-13)33(9)38(51)26-35(45-47-22-24-57-45)25-34-19-16-15-17-20-34/h15-17,19-20,22,24,29-33,35-37,40,42-44H,14,18,21,23,25-28H2,1-13H3/t32-,33-,35+,36-,37-,40+,42-,43-,44+/m0/s1. The van der Waals surface area contributed by atoms with Gasteiger partial charge in [0.05, 0.1) is 41.8 Å². The minimum atomic E-state index is -0.571. The zero-order chi connectivity index (χ0) is 42.6. The van der Waals surface area contributed by atoms with E-state index in [4.69, 9.17) is 9.47 Å². The second kappa shape index (κ2) is 23.0. The number of carbonyl (C=O) groups is 4. The molecule has 2 amide bonds. The van der Waals surface area contributed by atoms with Crippen LogP contribution in [0.5, 0.6) is 0 Å². The summed E-state index contributed by atoms with van der Waals surface area (Å²) in [6.07, 6.45) is 4.37. The summed E-state index contributed by atoms with van der Waals surface area (Å²) >= 11 is 1.57. The van der Waals surface area contributed by atoms with Crippen LogP contribution in [0.25, 0.3) is 0 Å². The molecule has 2 aromatic rings. The van der Waals surface area contributed by atoms with Crippen LogP contribution in [0, 0.1) is 29.6 Å². The van der Waals surface area contributed by atoms with Gasteiger partial charge in [0.2, 0.25) is 11.8 Å². The lowest BCUT2D eigenvalue weighted by Crippen LogP contribution is -2.54. The Labute approximate surface area is 348 Å². The molecule has 9 atom stereocenters. The second-order valence-corrected chi connectivity index (χ2v) is 18.4. The molecule has 0 unspecified atom stereocenters. The lowest BCUT2D eigenvalue weighted by atomic mass is 9.83. The molecule has 10 nitrogen and oxygen atoms in total. The normalized spacial score (nSPS) is 19.0. The van der Waals surface area contributed by atoms with Crippen molar-refractivity contribution in [3.8, 4) is 0 Å². The number of likely N-dealkylation sites (tertiary alicyclic amines) is 1. The molecular formula is C46H74N4O6S. The number of methoxy groups -OCH3 is 2. The van der Waals surface area contributed by atoms with E-state index in [2.05, 4.69) is 63.6 Å². The van der Waals surface area contributed by atoms with Crippen molar-refractivity contribution in [3.63, 3.8) is 0 Å². The van der Waals surface area contributed by atoms with Crippen molar-refractivity contribution in [1.82, 2.24) is 19.7 Å². The van der Waals surface area contributed by atoms with Gasteiger partial charge in [-0.3, -0.25) is 24.1 Å². The van der Waals surface area contributed by atoms with Gasteiger partial charge >= 0.3 is 0 Å². The Morgan fingerprint density at radius 1 is 0.895 bits per heavy atom. The number of amides is 2. The predicted molar refractivity (Wildman–Crippen MR) is 230 cm³/mol. The maximum absolute atomic E-state index is 14.5. The summed E-state index contributed by atoms with van der Waals surface area (Å²) in [6.45, 7) is 19.0. The van der Waals surface area contributed by atoms with Gasteiger partial charge in [-0.05, 0) is 63.5 Å². The first-order valence-corrected chi connectivity index (χ1v) is 22.2. The van der Waals surface area contributed by atoms with E-state index in [1.54, 1.807) is 43.7 Å². The summed E-state index contributed by atoms with van der Waals surface area (Å²) in [6, 6.07) is 9.45. The van der Waals surface area contributed by atoms with Crippen LogP contribution in [0.15, 0.2) is 41.9 Å². The molecule has 1 aromatic heterocycles. The van der Waals surface area contributed by atoms with Crippen LogP contribution in [0.4, 0.5) is 0 Å². The SMILES string of the molecule is CC[C@H](C)[C@@H]([C@@H](CC(=O)N1CCC[C@H]1[C@H](OC)[C@@H](C)C(=O)C[C@@H](Cc1ccccc1)c1nccs1)OC)N(C)C(=O)[C@@H](CC(=O)[C@H](C(C)C)N(C)C(C)C)C(C)C. The Morgan fingerprint density at radius 3 is 2.09 bits per heavy atom. The van der Waals surface area contributed by atoms with Gasteiger partial charge < -0.3 is 19.3 Å². The topological polar surface area (TPSA) is 109 Å². The Kier molecular flexibility index (Phi) is 19.5. The number of Topliss-reactive ketones (excluding diaryl/α,β-unsaturated/α-hetero) is 2. The lowest BCUT2D eigenvalue weighted by Gasteiger charge is -2.41. The van der Waals surface area contributed by atoms with Gasteiger partial charge in [0.15, 0.2) is 5.78 Å². The monoisotopic (exact) mass is 811 g/mol. The van der Waals surface area contributed by atoms with E-state index in [0.717, 1.165) is 29.8 Å². The second-order valence-electron chi connectivity index (χ2n) is 17.5. The quantitative estimate of drug-likeness (QED) is 0.105. The molecular weight excluding hydrogens is 737 g/mol. The fraction of sp³-hybridized carbons (Fsp3) is 0.717. The highest BCUT2D eigenvalue weighted by Gasteiger charge is 2.43. The molecule has 1 fully saturated rings. The number of benzene rings is 1. The van der Waals surface area contributed by atoms with Crippen LogP contribution in [-0.2, 0) is 35.1 Å². The molecule has 1 aliphatic rings. The van der Waals surface area contributed by atoms with Crippen molar-refractivity contribution in [2.24, 2.45) is 29.6 Å². The molecule has 2 heterocycles. The molecule has 11 heteroatoms. The van der Waals surface area contributed by atoms with E-state index in [-0.39, 0.29) is 84.1 Å². The Balaban J connectivity index is 1.80. The van der Waals surface area contributed by atoms with Crippen LogP contribution in [0.3, 0.4) is 0 Å². The van der Waals surface area contributed by atoms with Crippen molar-refractivity contribution in [2.75, 3.05) is 34.9 Å². The Morgan fingerprint density at radius 2 is 1.56 bits per heavy atom. The van der Waals surface area contributed by atoms with Gasteiger partial charge in [0.1, 0.15) is 5.78 Å². The van der Waals surface area contributed by atoms with Gasteiger partial charge in [-0.1, -0.05) is 85.2 Å². The van der Waals surface area contributed by atoms with Crippen molar-refractivity contribution in [1.29, 1.82) is 0 Å². The van der Waals surface area contributed by atoms with Crippen LogP contribution in [0.2, 0.25) is 0 Å². The van der Waals surface area contributed by atoms with E-state index < -0.39 is 24.0 Å². The summed E-state index contributed by atoms with van der Waals surface area (Å²) in [5.41, 5.74) is 1.16. The Hall–Kier alpha value is -2.99. The number of nitrogens with zero attached hydrogens (tertiary/aromatic N) is 4. The molecule has 57 heavy (non-hydrogen) atoms. The first-order valence-electron chi connectivity index (χ1n) is 21.3. The van der Waals surface area contributed by atoms with Crippen molar-refractivity contribution in [3.05, 3.63) is 52.5 Å². The summed E-state index contributed by atoms with van der Waals surface area (Å²) in [4.78, 5) is 67.1. The third-order valence-corrected chi connectivity index (χ3v) is 13.6. The number of ether oxygens (including phenoxy) is 2. The van der Waals surface area contributed by atoms with Crippen LogP contribution >= 0.6 is 11.3 Å². The molecule has 0 radical (unpaired) electrons.